The summed E-state index contributed by atoms with van der Waals surface area (Å²) in [5.74, 6) is 2.43. The topological polar surface area (TPSA) is 3.24 Å². The van der Waals surface area contributed by atoms with Crippen LogP contribution in [0.15, 0.2) is 0 Å². The van der Waals surface area contributed by atoms with Crippen LogP contribution in [-0.4, -0.2) is 29.6 Å². The summed E-state index contributed by atoms with van der Waals surface area (Å²) in [6, 6.07) is 0. The first kappa shape index (κ1) is 6.99. The molecule has 2 unspecified atom stereocenters. The highest BCUT2D eigenvalue weighted by atomic mass is 32.2. The molecule has 0 aromatic heterocycles. The number of piperidine rings is 1. The number of hydrogen-bond acceptors (Lipinski definition) is 2. The fourth-order valence-corrected chi connectivity index (χ4v) is 3.71. The zero-order valence-electron chi connectivity index (χ0n) is 6.55. The van der Waals surface area contributed by atoms with Gasteiger partial charge in [0.05, 0.1) is 5.37 Å². The second-order valence-corrected chi connectivity index (χ2v) is 4.66. The standard InChI is InChI=1S/C8H15NS/c1-9-5-2-3-7-4-6-10-8(7)9/h7-8H,2-6H2,1H3. The predicted molar refractivity (Wildman–Crippen MR) is 46.2 cm³/mol. The van der Waals surface area contributed by atoms with Crippen LogP contribution in [0.5, 0.6) is 0 Å². The molecular weight excluding hydrogens is 142 g/mol. The Kier molecular flexibility index (Phi) is 1.92. The molecule has 2 heterocycles. The Labute approximate surface area is 67.2 Å². The SMILES string of the molecule is CN1CCCC2CCSC21. The molecule has 2 heteroatoms. The number of likely N-dealkylation sites (tertiary alicyclic amines) is 1. The lowest BCUT2D eigenvalue weighted by Crippen LogP contribution is -2.37. The molecule has 2 atom stereocenters. The van der Waals surface area contributed by atoms with Gasteiger partial charge in [0.2, 0.25) is 0 Å². The van der Waals surface area contributed by atoms with Gasteiger partial charge in [-0.25, -0.2) is 0 Å². The lowest BCUT2D eigenvalue weighted by atomic mass is 9.96. The Bertz CT molecular complexity index is 126. The van der Waals surface area contributed by atoms with Gasteiger partial charge in [-0.1, -0.05) is 0 Å². The van der Waals surface area contributed by atoms with E-state index >= 15 is 0 Å². The van der Waals surface area contributed by atoms with Crippen molar-refractivity contribution in [1.29, 1.82) is 0 Å². The molecule has 10 heavy (non-hydrogen) atoms. The van der Waals surface area contributed by atoms with Crippen molar-refractivity contribution >= 4 is 11.8 Å². The quantitative estimate of drug-likeness (QED) is 0.527. The van der Waals surface area contributed by atoms with Crippen LogP contribution < -0.4 is 0 Å². The van der Waals surface area contributed by atoms with Crippen LogP contribution in [-0.2, 0) is 0 Å². The fraction of sp³-hybridized carbons (Fsp3) is 1.00. The smallest absolute Gasteiger partial charge is 0.0583 e. The molecule has 0 spiro atoms. The minimum atomic E-state index is 0.883. The van der Waals surface area contributed by atoms with Crippen molar-refractivity contribution in [3.63, 3.8) is 0 Å². The molecule has 2 rings (SSSR count). The molecule has 0 amide bonds. The third-order valence-corrected chi connectivity index (χ3v) is 4.26. The molecule has 2 fully saturated rings. The van der Waals surface area contributed by atoms with Crippen LogP contribution in [0, 0.1) is 5.92 Å². The molecule has 1 nitrogen and oxygen atoms in total. The van der Waals surface area contributed by atoms with E-state index in [1.54, 1.807) is 0 Å². The maximum absolute atomic E-state index is 2.53. The molecule has 58 valence electrons. The fourth-order valence-electron chi connectivity index (χ4n) is 2.12. The van der Waals surface area contributed by atoms with E-state index < -0.39 is 0 Å². The van der Waals surface area contributed by atoms with Crippen LogP contribution in [0.2, 0.25) is 0 Å². The Hall–Kier alpha value is 0.310. The highest BCUT2D eigenvalue weighted by Gasteiger charge is 2.33. The van der Waals surface area contributed by atoms with E-state index in [0.717, 1.165) is 11.3 Å². The molecular formula is C8H15NS. The van der Waals surface area contributed by atoms with Crippen molar-refractivity contribution in [1.82, 2.24) is 4.90 Å². The summed E-state index contributed by atoms with van der Waals surface area (Å²) in [6.07, 6.45) is 4.39. The Balaban J connectivity index is 2.03. The van der Waals surface area contributed by atoms with E-state index in [4.69, 9.17) is 0 Å². The third-order valence-electron chi connectivity index (χ3n) is 2.70. The third kappa shape index (κ3) is 1.08. The Morgan fingerprint density at radius 1 is 1.40 bits per heavy atom. The predicted octanol–water partition coefficient (Wildman–Crippen LogP) is 1.79. The van der Waals surface area contributed by atoms with Crippen molar-refractivity contribution in [2.75, 3.05) is 19.3 Å². The van der Waals surface area contributed by atoms with Gasteiger partial charge in [0.15, 0.2) is 0 Å². The number of nitrogens with zero attached hydrogens (tertiary/aromatic N) is 1. The molecule has 2 aliphatic heterocycles. The summed E-state index contributed by atoms with van der Waals surface area (Å²) in [6.45, 7) is 1.33. The summed E-state index contributed by atoms with van der Waals surface area (Å²) in [5.41, 5.74) is 0. The first-order chi connectivity index (χ1) is 4.88. The monoisotopic (exact) mass is 157 g/mol. The lowest BCUT2D eigenvalue weighted by molar-refractivity contribution is 0.191. The van der Waals surface area contributed by atoms with Crippen molar-refractivity contribution in [3.8, 4) is 0 Å². The number of rotatable bonds is 0. The summed E-state index contributed by atoms with van der Waals surface area (Å²) < 4.78 is 0. The van der Waals surface area contributed by atoms with Crippen LogP contribution in [0.4, 0.5) is 0 Å². The lowest BCUT2D eigenvalue weighted by Gasteiger charge is -2.33. The van der Waals surface area contributed by atoms with Crippen molar-refractivity contribution in [2.45, 2.75) is 24.6 Å². The van der Waals surface area contributed by atoms with Crippen LogP contribution >= 0.6 is 11.8 Å². The van der Waals surface area contributed by atoms with Gasteiger partial charge in [0, 0.05) is 0 Å². The van der Waals surface area contributed by atoms with Crippen LogP contribution in [0.25, 0.3) is 0 Å². The Morgan fingerprint density at radius 3 is 3.10 bits per heavy atom. The number of thioether (sulfide) groups is 1. The molecule has 0 aromatic carbocycles. The average Bonchev–Trinajstić information content (AvgIpc) is 2.36. The zero-order valence-corrected chi connectivity index (χ0v) is 7.36. The van der Waals surface area contributed by atoms with E-state index in [1.807, 2.05) is 0 Å². The number of hydrogen-bond donors (Lipinski definition) is 0. The van der Waals surface area contributed by atoms with Gasteiger partial charge >= 0.3 is 0 Å². The van der Waals surface area contributed by atoms with Gasteiger partial charge in [-0.2, -0.15) is 0 Å². The highest BCUT2D eigenvalue weighted by Crippen LogP contribution is 2.39. The van der Waals surface area contributed by atoms with Crippen LogP contribution in [0.3, 0.4) is 0 Å². The van der Waals surface area contributed by atoms with Gasteiger partial charge < -0.3 is 0 Å². The van der Waals surface area contributed by atoms with E-state index in [0.29, 0.717) is 0 Å². The van der Waals surface area contributed by atoms with Crippen molar-refractivity contribution in [2.24, 2.45) is 5.92 Å². The van der Waals surface area contributed by atoms with Gasteiger partial charge in [-0.3, -0.25) is 4.90 Å². The Morgan fingerprint density at radius 2 is 2.30 bits per heavy atom. The summed E-state index contributed by atoms with van der Waals surface area (Å²) in [5, 5.41) is 0.883. The minimum absolute atomic E-state index is 0.883. The molecule has 0 radical (unpaired) electrons. The average molecular weight is 157 g/mol. The first-order valence-electron chi connectivity index (χ1n) is 4.20. The van der Waals surface area contributed by atoms with Gasteiger partial charge in [-0.05, 0) is 44.5 Å². The normalized spacial score (nSPS) is 41.7. The molecule has 2 saturated heterocycles. The number of fused-ring (bicyclic) bond motifs is 1. The van der Waals surface area contributed by atoms with Gasteiger partial charge in [-0.15, -0.1) is 11.8 Å². The van der Waals surface area contributed by atoms with Gasteiger partial charge in [0.1, 0.15) is 0 Å². The molecule has 0 aliphatic carbocycles. The second-order valence-electron chi connectivity index (χ2n) is 3.43. The largest absolute Gasteiger partial charge is 0.294 e. The van der Waals surface area contributed by atoms with Crippen molar-refractivity contribution in [3.05, 3.63) is 0 Å². The van der Waals surface area contributed by atoms with Crippen molar-refractivity contribution < 1.29 is 0 Å². The van der Waals surface area contributed by atoms with E-state index in [-0.39, 0.29) is 0 Å². The van der Waals surface area contributed by atoms with E-state index in [9.17, 15) is 0 Å². The van der Waals surface area contributed by atoms with E-state index in [2.05, 4.69) is 23.7 Å². The summed E-state index contributed by atoms with van der Waals surface area (Å²) in [7, 11) is 2.27. The minimum Gasteiger partial charge on any atom is -0.294 e. The van der Waals surface area contributed by atoms with Crippen LogP contribution in [0.1, 0.15) is 19.3 Å². The van der Waals surface area contributed by atoms with E-state index in [1.165, 1.54) is 31.6 Å². The highest BCUT2D eigenvalue weighted by molar-refractivity contribution is 8.00. The summed E-state index contributed by atoms with van der Waals surface area (Å²) >= 11 is 2.16. The van der Waals surface area contributed by atoms with Gasteiger partial charge in [0.25, 0.3) is 0 Å². The maximum atomic E-state index is 2.53. The summed E-state index contributed by atoms with van der Waals surface area (Å²) in [4.78, 5) is 2.53. The molecule has 0 bridgehead atoms. The zero-order chi connectivity index (χ0) is 6.97. The molecule has 0 saturated carbocycles. The maximum Gasteiger partial charge on any atom is 0.0583 e. The molecule has 0 N–H and O–H groups in total. The first-order valence-corrected chi connectivity index (χ1v) is 5.24. The molecule has 0 aromatic rings. The molecule has 2 aliphatic rings. The second kappa shape index (κ2) is 2.74.